The van der Waals surface area contributed by atoms with Crippen molar-refractivity contribution in [2.75, 3.05) is 18.1 Å². The van der Waals surface area contributed by atoms with Gasteiger partial charge in [0.25, 0.3) is 5.56 Å². The Morgan fingerprint density at radius 1 is 1.03 bits per heavy atom. The van der Waals surface area contributed by atoms with Crippen LogP contribution < -0.4 is 16.1 Å². The van der Waals surface area contributed by atoms with Gasteiger partial charge in [-0.25, -0.2) is 4.79 Å². The van der Waals surface area contributed by atoms with E-state index < -0.39 is 17.6 Å². The van der Waals surface area contributed by atoms with Crippen LogP contribution in [0.2, 0.25) is 0 Å². The molecule has 3 aromatic rings. The number of nitrogens with zero attached hydrogens (tertiary/aromatic N) is 2. The first-order valence-corrected chi connectivity index (χ1v) is 9.78. The van der Waals surface area contributed by atoms with Gasteiger partial charge >= 0.3 is 11.7 Å². The van der Waals surface area contributed by atoms with Gasteiger partial charge < -0.3 is 14.6 Å². The number of aromatic nitrogens is 2. The third-order valence-corrected chi connectivity index (χ3v) is 5.19. The third-order valence-electron chi connectivity index (χ3n) is 5.19. The number of aromatic amines is 1. The summed E-state index contributed by atoms with van der Waals surface area (Å²) in [6.45, 7) is 0.477. The summed E-state index contributed by atoms with van der Waals surface area (Å²) in [5.74, 6) is -1.08. The summed E-state index contributed by atoms with van der Waals surface area (Å²) in [5.41, 5.74) is 0.377. The summed E-state index contributed by atoms with van der Waals surface area (Å²) < 4.78 is 6.41. The fourth-order valence-corrected chi connectivity index (χ4v) is 3.64. The predicted octanol–water partition coefficient (Wildman–Crippen LogP) is 1.68. The number of rotatable bonds is 6. The Bertz CT molecular complexity index is 1200. The number of para-hydroxylation sites is 2. The van der Waals surface area contributed by atoms with Crippen molar-refractivity contribution < 1.29 is 14.3 Å². The Morgan fingerprint density at radius 2 is 1.77 bits per heavy atom. The SMILES string of the molecule is O=C(OCCCn1c(=O)[nH]c2ccccc2c1=O)C1CC(=O)N(c2ccccc2)C1. The minimum Gasteiger partial charge on any atom is -0.465 e. The summed E-state index contributed by atoms with van der Waals surface area (Å²) >= 11 is 0. The molecule has 0 spiro atoms. The van der Waals surface area contributed by atoms with E-state index in [0.29, 0.717) is 17.3 Å². The van der Waals surface area contributed by atoms with Gasteiger partial charge in [-0.05, 0) is 30.7 Å². The molecule has 1 aliphatic rings. The standard InChI is InChI=1S/C22H21N3O5/c26-19-13-15(14-25(19)16-7-2-1-3-8-16)21(28)30-12-6-11-24-20(27)17-9-4-5-10-18(17)23-22(24)29/h1-5,7-10,15H,6,11-14H2,(H,23,29). The summed E-state index contributed by atoms with van der Waals surface area (Å²) in [4.78, 5) is 53.5. The van der Waals surface area contributed by atoms with Gasteiger partial charge in [0.1, 0.15) is 0 Å². The highest BCUT2D eigenvalue weighted by molar-refractivity contribution is 5.99. The number of carbonyl (C=O) groups is 2. The van der Waals surface area contributed by atoms with Crippen LogP contribution in [0.1, 0.15) is 12.8 Å². The van der Waals surface area contributed by atoms with Crippen LogP contribution in [0.15, 0.2) is 64.2 Å². The Labute approximate surface area is 171 Å². The molecule has 1 fully saturated rings. The maximum Gasteiger partial charge on any atom is 0.328 e. The van der Waals surface area contributed by atoms with E-state index in [9.17, 15) is 19.2 Å². The highest BCUT2D eigenvalue weighted by Gasteiger charge is 2.36. The van der Waals surface area contributed by atoms with E-state index in [0.717, 1.165) is 10.3 Å². The van der Waals surface area contributed by atoms with E-state index in [2.05, 4.69) is 4.98 Å². The molecule has 1 amide bonds. The number of ether oxygens (including phenoxy) is 1. The van der Waals surface area contributed by atoms with E-state index in [1.807, 2.05) is 30.3 Å². The number of fused-ring (bicyclic) bond motifs is 1. The molecule has 0 radical (unpaired) electrons. The highest BCUT2D eigenvalue weighted by Crippen LogP contribution is 2.25. The summed E-state index contributed by atoms with van der Waals surface area (Å²) in [5, 5.41) is 0.430. The van der Waals surface area contributed by atoms with Crippen LogP contribution in [0.3, 0.4) is 0 Å². The lowest BCUT2D eigenvalue weighted by Crippen LogP contribution is -2.35. The summed E-state index contributed by atoms with van der Waals surface area (Å²) in [7, 11) is 0. The Hall–Kier alpha value is -3.68. The zero-order valence-corrected chi connectivity index (χ0v) is 16.2. The predicted molar refractivity (Wildman–Crippen MR) is 111 cm³/mol. The molecule has 1 aromatic heterocycles. The van der Waals surface area contributed by atoms with Crippen LogP contribution in [0.25, 0.3) is 10.9 Å². The van der Waals surface area contributed by atoms with Crippen molar-refractivity contribution in [1.82, 2.24) is 9.55 Å². The van der Waals surface area contributed by atoms with E-state index in [4.69, 9.17) is 4.74 Å². The van der Waals surface area contributed by atoms with Gasteiger partial charge in [-0.1, -0.05) is 30.3 Å². The minimum absolute atomic E-state index is 0.0631. The normalized spacial score (nSPS) is 16.2. The first kappa shape index (κ1) is 19.6. The van der Waals surface area contributed by atoms with Gasteiger partial charge in [0.2, 0.25) is 5.91 Å². The van der Waals surface area contributed by atoms with Crippen molar-refractivity contribution in [1.29, 1.82) is 0 Å². The molecule has 2 aromatic carbocycles. The number of benzene rings is 2. The second-order valence-electron chi connectivity index (χ2n) is 7.19. The van der Waals surface area contributed by atoms with Crippen molar-refractivity contribution in [3.8, 4) is 0 Å². The van der Waals surface area contributed by atoms with E-state index in [1.54, 1.807) is 29.2 Å². The molecule has 0 saturated carbocycles. The summed E-state index contributed by atoms with van der Waals surface area (Å²) in [6, 6.07) is 16.0. The first-order chi connectivity index (χ1) is 14.5. The largest absolute Gasteiger partial charge is 0.465 e. The van der Waals surface area contributed by atoms with Crippen molar-refractivity contribution >= 4 is 28.5 Å². The number of carbonyl (C=O) groups excluding carboxylic acids is 2. The van der Waals surface area contributed by atoms with Gasteiger partial charge in [0.05, 0.1) is 23.4 Å². The zero-order chi connectivity index (χ0) is 21.1. The topological polar surface area (TPSA) is 101 Å². The molecule has 1 N–H and O–H groups in total. The van der Waals surface area contributed by atoms with Crippen LogP contribution in [0.4, 0.5) is 5.69 Å². The van der Waals surface area contributed by atoms with Gasteiger partial charge in [-0.2, -0.15) is 0 Å². The number of amides is 1. The molecule has 154 valence electrons. The van der Waals surface area contributed by atoms with E-state index in [1.165, 1.54) is 0 Å². The second kappa shape index (κ2) is 8.36. The molecular formula is C22H21N3O5. The van der Waals surface area contributed by atoms with Crippen molar-refractivity contribution in [2.45, 2.75) is 19.4 Å². The van der Waals surface area contributed by atoms with Crippen LogP contribution >= 0.6 is 0 Å². The molecule has 8 heteroatoms. The molecule has 8 nitrogen and oxygen atoms in total. The number of nitrogens with one attached hydrogen (secondary N) is 1. The van der Waals surface area contributed by atoms with Gasteiger partial charge in [-0.15, -0.1) is 0 Å². The molecule has 0 aliphatic carbocycles. The Kier molecular flexibility index (Phi) is 5.47. The van der Waals surface area contributed by atoms with Crippen molar-refractivity contribution in [2.24, 2.45) is 5.92 Å². The van der Waals surface area contributed by atoms with Crippen LogP contribution in [0, 0.1) is 5.92 Å². The molecule has 1 unspecified atom stereocenters. The molecule has 1 aliphatic heterocycles. The van der Waals surface area contributed by atoms with Gasteiger partial charge in [0.15, 0.2) is 0 Å². The third kappa shape index (κ3) is 3.89. The average Bonchev–Trinajstić information content (AvgIpc) is 3.15. The molecule has 30 heavy (non-hydrogen) atoms. The Morgan fingerprint density at radius 3 is 2.57 bits per heavy atom. The number of H-pyrrole nitrogens is 1. The number of esters is 1. The van der Waals surface area contributed by atoms with Crippen LogP contribution in [0.5, 0.6) is 0 Å². The Balaban J connectivity index is 1.33. The van der Waals surface area contributed by atoms with E-state index >= 15 is 0 Å². The number of hydrogen-bond donors (Lipinski definition) is 1. The maximum absolute atomic E-state index is 12.5. The second-order valence-corrected chi connectivity index (χ2v) is 7.19. The molecule has 0 bridgehead atoms. The van der Waals surface area contributed by atoms with Crippen molar-refractivity contribution in [3.05, 3.63) is 75.4 Å². The maximum atomic E-state index is 12.5. The van der Waals surface area contributed by atoms with Crippen LogP contribution in [-0.2, 0) is 20.9 Å². The molecule has 1 saturated heterocycles. The van der Waals surface area contributed by atoms with E-state index in [-0.39, 0.29) is 37.6 Å². The molecule has 2 heterocycles. The van der Waals surface area contributed by atoms with Crippen LogP contribution in [-0.4, -0.2) is 34.6 Å². The monoisotopic (exact) mass is 407 g/mol. The molecular weight excluding hydrogens is 386 g/mol. The number of hydrogen-bond acceptors (Lipinski definition) is 5. The van der Waals surface area contributed by atoms with Gasteiger partial charge in [-0.3, -0.25) is 19.0 Å². The smallest absolute Gasteiger partial charge is 0.328 e. The quantitative estimate of drug-likeness (QED) is 0.495. The fourth-order valence-electron chi connectivity index (χ4n) is 3.64. The lowest BCUT2D eigenvalue weighted by atomic mass is 10.1. The lowest BCUT2D eigenvalue weighted by molar-refractivity contribution is -0.148. The molecule has 4 rings (SSSR count). The lowest BCUT2D eigenvalue weighted by Gasteiger charge is -2.16. The molecule has 1 atom stereocenters. The minimum atomic E-state index is -0.524. The average molecular weight is 407 g/mol. The zero-order valence-electron chi connectivity index (χ0n) is 16.2. The van der Waals surface area contributed by atoms with Crippen molar-refractivity contribution in [3.63, 3.8) is 0 Å². The van der Waals surface area contributed by atoms with Gasteiger partial charge in [0, 0.05) is 25.2 Å². The highest BCUT2D eigenvalue weighted by atomic mass is 16.5. The first-order valence-electron chi connectivity index (χ1n) is 9.78. The fraction of sp³-hybridized carbons (Fsp3) is 0.273. The number of anilines is 1. The summed E-state index contributed by atoms with van der Waals surface area (Å²) in [6.07, 6.45) is 0.424.